The molecule has 1 N–H and O–H groups in total. The van der Waals surface area contributed by atoms with E-state index in [2.05, 4.69) is 31.0 Å². The zero-order valence-corrected chi connectivity index (χ0v) is 17.1. The second-order valence-corrected chi connectivity index (χ2v) is 7.70. The van der Waals surface area contributed by atoms with Gasteiger partial charge in [0, 0.05) is 35.4 Å². The number of aromatic nitrogens is 1. The summed E-state index contributed by atoms with van der Waals surface area (Å²) in [5.41, 5.74) is 3.52. The minimum atomic E-state index is -2.91. The van der Waals surface area contributed by atoms with Crippen LogP contribution in [0.25, 0.3) is 11.1 Å². The Bertz CT molecular complexity index is 936. The quantitative estimate of drug-likeness (QED) is 0.481. The van der Waals surface area contributed by atoms with E-state index in [1.165, 1.54) is 6.07 Å². The average molecular weight is 467 g/mol. The maximum atomic E-state index is 12.5. The van der Waals surface area contributed by atoms with Crippen molar-refractivity contribution in [3.05, 3.63) is 69.1 Å². The summed E-state index contributed by atoms with van der Waals surface area (Å²) in [7, 11) is 0. The molecule has 0 atom stereocenters. The second kappa shape index (κ2) is 9.75. The van der Waals surface area contributed by atoms with Gasteiger partial charge in [-0.1, -0.05) is 15.9 Å². The molecule has 1 amide bonds. The SMILES string of the molecule is O=C(CCc1cc(Br)ccc1OC(F)F)NCc1cncc(-c2ccsc2)c1. The van der Waals surface area contributed by atoms with Crippen LogP contribution in [0.2, 0.25) is 0 Å². The maximum Gasteiger partial charge on any atom is 0.387 e. The third-order valence-electron chi connectivity index (χ3n) is 4.00. The molecule has 0 saturated heterocycles. The van der Waals surface area contributed by atoms with Gasteiger partial charge in [-0.05, 0) is 64.2 Å². The summed E-state index contributed by atoms with van der Waals surface area (Å²) >= 11 is 4.91. The molecule has 0 aliphatic heterocycles. The molecule has 28 heavy (non-hydrogen) atoms. The molecule has 2 aromatic heterocycles. The van der Waals surface area contributed by atoms with E-state index in [9.17, 15) is 13.6 Å². The molecule has 0 saturated carbocycles. The van der Waals surface area contributed by atoms with Gasteiger partial charge >= 0.3 is 6.61 Å². The van der Waals surface area contributed by atoms with Crippen molar-refractivity contribution in [2.24, 2.45) is 0 Å². The highest BCUT2D eigenvalue weighted by molar-refractivity contribution is 9.10. The lowest BCUT2D eigenvalue weighted by Crippen LogP contribution is -2.23. The molecule has 3 aromatic rings. The number of nitrogens with zero attached hydrogens (tertiary/aromatic N) is 1. The molecule has 0 unspecified atom stereocenters. The van der Waals surface area contributed by atoms with E-state index >= 15 is 0 Å². The van der Waals surface area contributed by atoms with E-state index in [1.54, 1.807) is 35.9 Å². The third kappa shape index (κ3) is 5.84. The van der Waals surface area contributed by atoms with Crippen LogP contribution < -0.4 is 10.1 Å². The Labute approximate surface area is 173 Å². The van der Waals surface area contributed by atoms with Crippen LogP contribution in [-0.4, -0.2) is 17.5 Å². The van der Waals surface area contributed by atoms with Gasteiger partial charge in [0.15, 0.2) is 0 Å². The van der Waals surface area contributed by atoms with Crippen LogP contribution in [0.3, 0.4) is 0 Å². The van der Waals surface area contributed by atoms with Crippen molar-refractivity contribution >= 4 is 33.2 Å². The normalized spacial score (nSPS) is 10.9. The summed E-state index contributed by atoms with van der Waals surface area (Å²) in [5, 5.41) is 6.88. The highest BCUT2D eigenvalue weighted by atomic mass is 79.9. The number of pyridine rings is 1. The van der Waals surface area contributed by atoms with Crippen molar-refractivity contribution in [3.63, 3.8) is 0 Å². The number of rotatable bonds is 8. The lowest BCUT2D eigenvalue weighted by atomic mass is 10.1. The van der Waals surface area contributed by atoms with Crippen LogP contribution in [-0.2, 0) is 17.8 Å². The van der Waals surface area contributed by atoms with E-state index in [0.717, 1.165) is 21.2 Å². The second-order valence-electron chi connectivity index (χ2n) is 6.00. The molecule has 146 valence electrons. The summed E-state index contributed by atoms with van der Waals surface area (Å²) in [4.78, 5) is 16.4. The fourth-order valence-corrected chi connectivity index (χ4v) is 3.74. The number of thiophene rings is 1. The van der Waals surface area contributed by atoms with Crippen molar-refractivity contribution in [1.82, 2.24) is 10.3 Å². The molecule has 2 heterocycles. The molecule has 4 nitrogen and oxygen atoms in total. The van der Waals surface area contributed by atoms with Crippen molar-refractivity contribution in [2.75, 3.05) is 0 Å². The molecule has 0 radical (unpaired) electrons. The number of amides is 1. The van der Waals surface area contributed by atoms with E-state index < -0.39 is 6.61 Å². The largest absolute Gasteiger partial charge is 0.435 e. The molecule has 0 aliphatic carbocycles. The first kappa shape index (κ1) is 20.4. The van der Waals surface area contributed by atoms with Gasteiger partial charge in [-0.2, -0.15) is 20.1 Å². The van der Waals surface area contributed by atoms with E-state index in [4.69, 9.17) is 0 Å². The lowest BCUT2D eigenvalue weighted by Gasteiger charge is -2.11. The van der Waals surface area contributed by atoms with Crippen LogP contribution in [0.5, 0.6) is 5.75 Å². The molecule has 0 bridgehead atoms. The number of carbonyl (C=O) groups excluding carboxylic acids is 1. The predicted octanol–water partition coefficient (Wildman–Crippen LogP) is 5.42. The Hall–Kier alpha value is -2.32. The van der Waals surface area contributed by atoms with Gasteiger partial charge in [-0.25, -0.2) is 0 Å². The zero-order valence-electron chi connectivity index (χ0n) is 14.7. The first-order valence-corrected chi connectivity index (χ1v) is 10.2. The lowest BCUT2D eigenvalue weighted by molar-refractivity contribution is -0.121. The number of carbonyl (C=O) groups is 1. The molecule has 8 heteroatoms. The Morgan fingerprint density at radius 3 is 2.82 bits per heavy atom. The Morgan fingerprint density at radius 1 is 1.21 bits per heavy atom. The standard InChI is InChI=1S/C20H17BrF2N2O2S/c21-17-2-3-18(27-20(22)23)14(8-17)1-4-19(26)25-10-13-7-16(11-24-9-13)15-5-6-28-12-15/h2-3,5-9,11-12,20H,1,4,10H2,(H,25,26). The monoisotopic (exact) mass is 466 g/mol. The van der Waals surface area contributed by atoms with E-state index in [0.29, 0.717) is 18.5 Å². The number of hydrogen-bond donors (Lipinski definition) is 1. The minimum Gasteiger partial charge on any atom is -0.435 e. The number of aryl methyl sites for hydroxylation is 1. The Kier molecular flexibility index (Phi) is 7.11. The van der Waals surface area contributed by atoms with Gasteiger partial charge in [-0.3, -0.25) is 9.78 Å². The van der Waals surface area contributed by atoms with Crippen LogP contribution in [0.15, 0.2) is 58.0 Å². The minimum absolute atomic E-state index is 0.0821. The fraction of sp³-hybridized carbons (Fsp3) is 0.200. The van der Waals surface area contributed by atoms with Crippen LogP contribution in [0, 0.1) is 0 Å². The summed E-state index contributed by atoms with van der Waals surface area (Å²) < 4.78 is 30.3. The van der Waals surface area contributed by atoms with Gasteiger partial charge in [0.1, 0.15) is 5.75 Å². The third-order valence-corrected chi connectivity index (χ3v) is 5.18. The summed E-state index contributed by atoms with van der Waals surface area (Å²) in [5.74, 6) is -0.0948. The molecular formula is C20H17BrF2N2O2S. The Balaban J connectivity index is 1.56. The fourth-order valence-electron chi connectivity index (χ4n) is 2.66. The average Bonchev–Trinajstić information content (AvgIpc) is 3.21. The number of nitrogens with one attached hydrogen (secondary N) is 1. The number of ether oxygens (including phenoxy) is 1. The van der Waals surface area contributed by atoms with Gasteiger partial charge in [0.25, 0.3) is 0 Å². The number of hydrogen-bond acceptors (Lipinski definition) is 4. The first-order valence-electron chi connectivity index (χ1n) is 8.47. The van der Waals surface area contributed by atoms with Crippen molar-refractivity contribution in [1.29, 1.82) is 0 Å². The molecule has 0 fully saturated rings. The van der Waals surface area contributed by atoms with Crippen LogP contribution in [0.1, 0.15) is 17.5 Å². The number of halogens is 3. The van der Waals surface area contributed by atoms with Gasteiger partial charge < -0.3 is 10.1 Å². The topological polar surface area (TPSA) is 51.2 Å². The molecule has 0 spiro atoms. The molecule has 1 aromatic carbocycles. The van der Waals surface area contributed by atoms with Gasteiger partial charge in [0.05, 0.1) is 0 Å². The van der Waals surface area contributed by atoms with Gasteiger partial charge in [0.2, 0.25) is 5.91 Å². The highest BCUT2D eigenvalue weighted by Gasteiger charge is 2.12. The molecular weight excluding hydrogens is 450 g/mol. The zero-order chi connectivity index (χ0) is 19.9. The summed E-state index contributed by atoms with van der Waals surface area (Å²) in [6, 6.07) is 8.76. The Morgan fingerprint density at radius 2 is 2.07 bits per heavy atom. The predicted molar refractivity (Wildman–Crippen MR) is 108 cm³/mol. The maximum absolute atomic E-state index is 12.5. The molecule has 0 aliphatic rings. The summed E-state index contributed by atoms with van der Waals surface area (Å²) in [6.07, 6.45) is 3.94. The van der Waals surface area contributed by atoms with Crippen LogP contribution >= 0.6 is 27.3 Å². The van der Waals surface area contributed by atoms with Crippen molar-refractivity contribution in [3.8, 4) is 16.9 Å². The number of alkyl halides is 2. The van der Waals surface area contributed by atoms with Crippen molar-refractivity contribution in [2.45, 2.75) is 26.0 Å². The van der Waals surface area contributed by atoms with Crippen LogP contribution in [0.4, 0.5) is 8.78 Å². The summed E-state index contributed by atoms with van der Waals surface area (Å²) in [6.45, 7) is -2.56. The number of benzene rings is 1. The van der Waals surface area contributed by atoms with Crippen molar-refractivity contribution < 1.29 is 18.3 Å². The van der Waals surface area contributed by atoms with Gasteiger partial charge in [-0.15, -0.1) is 0 Å². The molecule has 3 rings (SSSR count). The smallest absolute Gasteiger partial charge is 0.387 e. The first-order chi connectivity index (χ1) is 13.5. The van der Waals surface area contributed by atoms with E-state index in [-0.39, 0.29) is 18.1 Å². The highest BCUT2D eigenvalue weighted by Crippen LogP contribution is 2.26. The van der Waals surface area contributed by atoms with E-state index in [1.807, 2.05) is 22.9 Å².